The molecule has 2 saturated heterocycles. The second kappa shape index (κ2) is 7.99. The quantitative estimate of drug-likeness (QED) is 0.727. The highest BCUT2D eigenvalue weighted by atomic mass is 16.2. The Hall–Kier alpha value is -3.06. The number of anilines is 1. The lowest BCUT2D eigenvalue weighted by molar-refractivity contribution is -0.138. The highest BCUT2D eigenvalue weighted by molar-refractivity contribution is 6.07. The highest BCUT2D eigenvalue weighted by Gasteiger charge is 2.50. The van der Waals surface area contributed by atoms with Crippen LogP contribution in [0.4, 0.5) is 5.69 Å². The maximum atomic E-state index is 13.0. The zero-order chi connectivity index (χ0) is 21.4. The lowest BCUT2D eigenvalue weighted by Crippen LogP contribution is -2.51. The Kier molecular flexibility index (Phi) is 5.39. The first kappa shape index (κ1) is 20.2. The number of fused-ring (bicyclic) bond motifs is 1. The summed E-state index contributed by atoms with van der Waals surface area (Å²) in [5.74, 6) is -0.750. The van der Waals surface area contributed by atoms with Crippen molar-refractivity contribution in [2.45, 2.75) is 25.8 Å². The summed E-state index contributed by atoms with van der Waals surface area (Å²) >= 11 is 0. The van der Waals surface area contributed by atoms with Crippen LogP contribution in [-0.4, -0.2) is 65.7 Å². The molecule has 1 aromatic heterocycles. The zero-order valence-corrected chi connectivity index (χ0v) is 17.5. The molecule has 2 aliphatic rings. The third-order valence-corrected chi connectivity index (χ3v) is 6.20. The number of imide groups is 1. The fraction of sp³-hybridized carbons (Fsp3) is 0.391. The predicted octanol–water partition coefficient (Wildman–Crippen LogP) is 2.10. The molecule has 0 bridgehead atoms. The first-order chi connectivity index (χ1) is 14.4. The Morgan fingerprint density at radius 2 is 2.00 bits per heavy atom. The van der Waals surface area contributed by atoms with Crippen molar-refractivity contribution in [1.29, 1.82) is 0 Å². The molecule has 3 amide bonds. The molecular formula is C23H26N4O3. The maximum Gasteiger partial charge on any atom is 0.247 e. The van der Waals surface area contributed by atoms with Crippen LogP contribution in [0.15, 0.2) is 42.6 Å². The number of amides is 3. The second-order valence-electron chi connectivity index (χ2n) is 8.07. The number of likely N-dealkylation sites (tertiary alicyclic amines) is 2. The van der Waals surface area contributed by atoms with Gasteiger partial charge in [-0.05, 0) is 56.1 Å². The minimum absolute atomic E-state index is 0.0980. The Morgan fingerprint density at radius 3 is 2.70 bits per heavy atom. The summed E-state index contributed by atoms with van der Waals surface area (Å²) in [4.78, 5) is 47.0. The number of pyridine rings is 1. The second-order valence-corrected chi connectivity index (χ2v) is 8.07. The number of aryl methyl sites for hydroxylation is 1. The summed E-state index contributed by atoms with van der Waals surface area (Å²) in [6, 6.07) is 11.2. The summed E-state index contributed by atoms with van der Waals surface area (Å²) in [7, 11) is 3.28. The van der Waals surface area contributed by atoms with Crippen molar-refractivity contribution in [3.63, 3.8) is 0 Å². The van der Waals surface area contributed by atoms with E-state index in [2.05, 4.69) is 4.98 Å². The first-order valence-electron chi connectivity index (χ1n) is 10.2. The number of hydrogen-bond acceptors (Lipinski definition) is 5. The molecule has 0 saturated carbocycles. The van der Waals surface area contributed by atoms with Crippen LogP contribution < -0.4 is 4.90 Å². The number of nitrogens with zero attached hydrogens (tertiary/aromatic N) is 4. The molecular weight excluding hydrogens is 380 g/mol. The number of carbonyl (C=O) groups excluding carboxylic acids is 3. The van der Waals surface area contributed by atoms with E-state index < -0.39 is 6.04 Å². The Balaban J connectivity index is 1.50. The average Bonchev–Trinajstić information content (AvgIpc) is 2.98. The lowest BCUT2D eigenvalue weighted by Gasteiger charge is -2.35. The van der Waals surface area contributed by atoms with E-state index in [1.807, 2.05) is 48.2 Å². The van der Waals surface area contributed by atoms with Crippen molar-refractivity contribution in [3.8, 4) is 11.3 Å². The number of benzene rings is 1. The van der Waals surface area contributed by atoms with Gasteiger partial charge in [0.25, 0.3) is 0 Å². The van der Waals surface area contributed by atoms with Crippen LogP contribution in [0.1, 0.15) is 18.4 Å². The Labute approximate surface area is 176 Å². The summed E-state index contributed by atoms with van der Waals surface area (Å²) < 4.78 is 0. The summed E-state index contributed by atoms with van der Waals surface area (Å²) in [6.45, 7) is 2.73. The number of piperidine rings is 1. The Morgan fingerprint density at radius 1 is 1.20 bits per heavy atom. The van der Waals surface area contributed by atoms with Gasteiger partial charge in [-0.15, -0.1) is 0 Å². The van der Waals surface area contributed by atoms with Gasteiger partial charge in [0.05, 0.1) is 18.2 Å². The van der Waals surface area contributed by atoms with Crippen LogP contribution >= 0.6 is 0 Å². The summed E-state index contributed by atoms with van der Waals surface area (Å²) in [5, 5.41) is 0. The van der Waals surface area contributed by atoms with E-state index in [0.717, 1.165) is 28.9 Å². The van der Waals surface area contributed by atoms with E-state index in [0.29, 0.717) is 13.0 Å². The van der Waals surface area contributed by atoms with Gasteiger partial charge in [-0.2, -0.15) is 0 Å². The van der Waals surface area contributed by atoms with Gasteiger partial charge >= 0.3 is 0 Å². The third kappa shape index (κ3) is 3.50. The molecule has 0 radical (unpaired) electrons. The SMILES string of the molecule is Cc1cc(-c2ccccn2)ccc1N(C)C(=O)CN1CCCC2C(=O)N(C)C(=O)C21. The zero-order valence-electron chi connectivity index (χ0n) is 17.5. The summed E-state index contributed by atoms with van der Waals surface area (Å²) in [6.07, 6.45) is 3.27. The van der Waals surface area contributed by atoms with Crippen molar-refractivity contribution in [2.24, 2.45) is 5.92 Å². The van der Waals surface area contributed by atoms with Crippen molar-refractivity contribution in [1.82, 2.24) is 14.8 Å². The van der Waals surface area contributed by atoms with E-state index in [9.17, 15) is 14.4 Å². The van der Waals surface area contributed by atoms with Crippen molar-refractivity contribution in [2.75, 3.05) is 32.1 Å². The minimum Gasteiger partial charge on any atom is -0.314 e. The maximum absolute atomic E-state index is 13.0. The molecule has 2 atom stereocenters. The normalized spacial score (nSPS) is 21.6. The molecule has 2 aromatic rings. The van der Waals surface area contributed by atoms with Crippen LogP contribution in [0.3, 0.4) is 0 Å². The number of aromatic nitrogens is 1. The van der Waals surface area contributed by atoms with Gasteiger partial charge < -0.3 is 4.90 Å². The molecule has 2 fully saturated rings. The van der Waals surface area contributed by atoms with Gasteiger partial charge in [0, 0.05) is 31.5 Å². The molecule has 0 aliphatic carbocycles. The van der Waals surface area contributed by atoms with Gasteiger partial charge in [0.1, 0.15) is 6.04 Å². The van der Waals surface area contributed by atoms with E-state index in [4.69, 9.17) is 0 Å². The van der Waals surface area contributed by atoms with Crippen LogP contribution in [0.2, 0.25) is 0 Å². The van der Waals surface area contributed by atoms with Crippen LogP contribution in [0, 0.1) is 12.8 Å². The number of hydrogen-bond donors (Lipinski definition) is 0. The molecule has 7 nitrogen and oxygen atoms in total. The molecule has 0 spiro atoms. The van der Waals surface area contributed by atoms with Crippen LogP contribution in [0.5, 0.6) is 0 Å². The third-order valence-electron chi connectivity index (χ3n) is 6.20. The molecule has 0 N–H and O–H groups in total. The number of likely N-dealkylation sites (N-methyl/N-ethyl adjacent to an activating group) is 2. The largest absolute Gasteiger partial charge is 0.314 e. The average molecular weight is 406 g/mol. The highest BCUT2D eigenvalue weighted by Crippen LogP contribution is 2.32. The fourth-order valence-electron chi connectivity index (χ4n) is 4.52. The molecule has 4 rings (SSSR count). The molecule has 2 unspecified atom stereocenters. The van der Waals surface area contributed by atoms with Gasteiger partial charge in [0.2, 0.25) is 17.7 Å². The van der Waals surface area contributed by atoms with Gasteiger partial charge in [-0.1, -0.05) is 12.1 Å². The molecule has 2 aliphatic heterocycles. The van der Waals surface area contributed by atoms with E-state index in [1.165, 1.54) is 11.9 Å². The number of rotatable bonds is 4. The molecule has 156 valence electrons. The Bertz CT molecular complexity index is 991. The smallest absolute Gasteiger partial charge is 0.247 e. The van der Waals surface area contributed by atoms with E-state index in [1.54, 1.807) is 18.1 Å². The number of carbonyl (C=O) groups is 3. The summed E-state index contributed by atoms with van der Waals surface area (Å²) in [5.41, 5.74) is 3.67. The van der Waals surface area contributed by atoms with E-state index in [-0.39, 0.29) is 30.2 Å². The van der Waals surface area contributed by atoms with Crippen molar-refractivity contribution < 1.29 is 14.4 Å². The predicted molar refractivity (Wildman–Crippen MR) is 114 cm³/mol. The minimum atomic E-state index is -0.513. The van der Waals surface area contributed by atoms with Gasteiger partial charge in [0.15, 0.2) is 0 Å². The van der Waals surface area contributed by atoms with Gasteiger partial charge in [-0.25, -0.2) is 0 Å². The van der Waals surface area contributed by atoms with Crippen molar-refractivity contribution in [3.05, 3.63) is 48.2 Å². The van der Waals surface area contributed by atoms with Crippen LogP contribution in [-0.2, 0) is 14.4 Å². The van der Waals surface area contributed by atoms with Gasteiger partial charge in [-0.3, -0.25) is 29.2 Å². The van der Waals surface area contributed by atoms with Crippen LogP contribution in [0.25, 0.3) is 11.3 Å². The first-order valence-corrected chi connectivity index (χ1v) is 10.2. The molecule has 1 aromatic carbocycles. The van der Waals surface area contributed by atoms with E-state index >= 15 is 0 Å². The molecule has 3 heterocycles. The van der Waals surface area contributed by atoms with Crippen molar-refractivity contribution >= 4 is 23.4 Å². The molecule has 30 heavy (non-hydrogen) atoms. The lowest BCUT2D eigenvalue weighted by atomic mass is 9.91. The monoisotopic (exact) mass is 406 g/mol. The fourth-order valence-corrected chi connectivity index (χ4v) is 4.52. The standard InChI is InChI=1S/C23H26N4O3/c1-15-13-16(18-8-4-5-11-24-18)9-10-19(15)25(2)20(28)14-27-12-6-7-17-21(27)23(30)26(3)22(17)29/h4-5,8-11,13,17,21H,6-7,12,14H2,1-3H3. The topological polar surface area (TPSA) is 73.8 Å². The molecule has 7 heteroatoms.